The van der Waals surface area contributed by atoms with Crippen molar-refractivity contribution in [1.82, 2.24) is 25.0 Å². The number of rotatable bonds is 6. The number of nitrogens with zero attached hydrogens (tertiary/aromatic N) is 4. The topological polar surface area (TPSA) is 80.1 Å². The van der Waals surface area contributed by atoms with E-state index in [1.807, 2.05) is 16.5 Å². The molecule has 1 saturated carbocycles. The Kier molecular flexibility index (Phi) is 6.04. The van der Waals surface area contributed by atoms with Crippen molar-refractivity contribution in [2.24, 2.45) is 13.0 Å². The Morgan fingerprint density at radius 1 is 1.16 bits per heavy atom. The van der Waals surface area contributed by atoms with Gasteiger partial charge in [0, 0.05) is 45.4 Å². The minimum Gasteiger partial charge on any atom is -0.353 e. The van der Waals surface area contributed by atoms with Crippen LogP contribution in [0.2, 0.25) is 0 Å². The molecule has 1 aliphatic carbocycles. The van der Waals surface area contributed by atoms with Crippen molar-refractivity contribution in [3.05, 3.63) is 12.2 Å². The van der Waals surface area contributed by atoms with E-state index < -0.39 is 0 Å². The highest BCUT2D eigenvalue weighted by Crippen LogP contribution is 2.21. The van der Waals surface area contributed by atoms with Crippen molar-refractivity contribution in [2.75, 3.05) is 13.1 Å². The zero-order chi connectivity index (χ0) is 17.6. The molecule has 138 valence electrons. The number of carbonyl (C=O) groups is 2. The molecule has 7 heteroatoms. The molecule has 1 aromatic heterocycles. The molecule has 7 nitrogen and oxygen atoms in total. The van der Waals surface area contributed by atoms with E-state index in [-0.39, 0.29) is 11.8 Å². The standard InChI is InChI=1S/C18H29N5O2/c1-22-13-19-21-16(22)12-14-8-10-23(11-9-14)18(25)7-6-17(24)20-15-4-2-3-5-15/h13-15H,2-12H2,1H3,(H,20,24). The first-order valence-corrected chi connectivity index (χ1v) is 9.52. The fourth-order valence-corrected chi connectivity index (χ4v) is 3.89. The van der Waals surface area contributed by atoms with Gasteiger partial charge in [-0.15, -0.1) is 10.2 Å². The van der Waals surface area contributed by atoms with E-state index in [9.17, 15) is 9.59 Å². The van der Waals surface area contributed by atoms with E-state index in [0.717, 1.165) is 51.0 Å². The second kappa shape index (κ2) is 8.45. The van der Waals surface area contributed by atoms with Crippen LogP contribution < -0.4 is 5.32 Å². The molecule has 1 saturated heterocycles. The summed E-state index contributed by atoms with van der Waals surface area (Å²) in [7, 11) is 1.96. The minimum atomic E-state index is 0.0254. The fraction of sp³-hybridized carbons (Fsp3) is 0.778. The third kappa shape index (κ3) is 5.03. The maximum atomic E-state index is 12.3. The van der Waals surface area contributed by atoms with Crippen LogP contribution in [0.5, 0.6) is 0 Å². The summed E-state index contributed by atoms with van der Waals surface area (Å²) in [6, 6.07) is 0.332. The van der Waals surface area contributed by atoms with Crippen LogP contribution >= 0.6 is 0 Å². The quantitative estimate of drug-likeness (QED) is 0.844. The number of piperidine rings is 1. The van der Waals surface area contributed by atoms with Crippen LogP contribution in [-0.2, 0) is 23.1 Å². The summed E-state index contributed by atoms with van der Waals surface area (Å²) >= 11 is 0. The number of aryl methyl sites for hydroxylation is 1. The molecular formula is C18H29N5O2. The Morgan fingerprint density at radius 2 is 1.88 bits per heavy atom. The maximum Gasteiger partial charge on any atom is 0.223 e. The van der Waals surface area contributed by atoms with E-state index in [0.29, 0.717) is 24.8 Å². The molecule has 3 rings (SSSR count). The van der Waals surface area contributed by atoms with Crippen LogP contribution in [0.4, 0.5) is 0 Å². The van der Waals surface area contributed by atoms with Crippen LogP contribution in [0.3, 0.4) is 0 Å². The molecule has 2 heterocycles. The average Bonchev–Trinajstić information content (AvgIpc) is 3.26. The number of nitrogens with one attached hydrogen (secondary N) is 1. The van der Waals surface area contributed by atoms with E-state index in [1.54, 1.807) is 6.33 Å². The average molecular weight is 347 g/mol. The first kappa shape index (κ1) is 17.9. The number of hydrogen-bond donors (Lipinski definition) is 1. The van der Waals surface area contributed by atoms with Crippen molar-refractivity contribution >= 4 is 11.8 Å². The zero-order valence-corrected chi connectivity index (χ0v) is 15.1. The molecule has 2 fully saturated rings. The van der Waals surface area contributed by atoms with Crippen LogP contribution in [0, 0.1) is 5.92 Å². The first-order chi connectivity index (χ1) is 12.1. The Morgan fingerprint density at radius 3 is 2.52 bits per heavy atom. The second-order valence-electron chi connectivity index (χ2n) is 7.44. The molecule has 0 spiro atoms. The molecule has 0 atom stereocenters. The third-order valence-electron chi connectivity index (χ3n) is 5.53. The highest BCUT2D eigenvalue weighted by atomic mass is 16.2. The lowest BCUT2D eigenvalue weighted by atomic mass is 9.93. The number of hydrogen-bond acceptors (Lipinski definition) is 4. The molecule has 2 amide bonds. The van der Waals surface area contributed by atoms with Crippen LogP contribution in [0.1, 0.15) is 57.2 Å². The molecule has 1 N–H and O–H groups in total. The third-order valence-corrected chi connectivity index (χ3v) is 5.53. The van der Waals surface area contributed by atoms with E-state index in [4.69, 9.17) is 0 Å². The Balaban J connectivity index is 1.35. The molecule has 1 aliphatic heterocycles. The minimum absolute atomic E-state index is 0.0254. The summed E-state index contributed by atoms with van der Waals surface area (Å²) in [5.74, 6) is 1.70. The van der Waals surface area contributed by atoms with Crippen LogP contribution in [-0.4, -0.2) is 50.6 Å². The van der Waals surface area contributed by atoms with Gasteiger partial charge in [-0.05, 0) is 31.6 Å². The summed E-state index contributed by atoms with van der Waals surface area (Å²) in [5, 5.41) is 11.1. The van der Waals surface area contributed by atoms with Gasteiger partial charge in [0.25, 0.3) is 0 Å². The number of likely N-dealkylation sites (tertiary alicyclic amines) is 1. The van der Waals surface area contributed by atoms with Crippen molar-refractivity contribution in [3.8, 4) is 0 Å². The predicted octanol–water partition coefficient (Wildman–Crippen LogP) is 1.44. The lowest BCUT2D eigenvalue weighted by Gasteiger charge is -2.32. The van der Waals surface area contributed by atoms with Crippen LogP contribution in [0.25, 0.3) is 0 Å². The monoisotopic (exact) mass is 347 g/mol. The van der Waals surface area contributed by atoms with Gasteiger partial charge in [-0.25, -0.2) is 0 Å². The van der Waals surface area contributed by atoms with Crippen molar-refractivity contribution in [1.29, 1.82) is 0 Å². The van der Waals surface area contributed by atoms with E-state index in [2.05, 4.69) is 15.5 Å². The summed E-state index contributed by atoms with van der Waals surface area (Å²) in [6.45, 7) is 1.57. The molecule has 25 heavy (non-hydrogen) atoms. The Bertz CT molecular complexity index is 586. The van der Waals surface area contributed by atoms with Gasteiger partial charge >= 0.3 is 0 Å². The Hall–Kier alpha value is -1.92. The van der Waals surface area contributed by atoms with E-state index >= 15 is 0 Å². The van der Waals surface area contributed by atoms with Crippen molar-refractivity contribution in [2.45, 2.75) is 63.8 Å². The summed E-state index contributed by atoms with van der Waals surface area (Å²) in [4.78, 5) is 26.2. The first-order valence-electron chi connectivity index (χ1n) is 9.52. The molecule has 2 aliphatic rings. The maximum absolute atomic E-state index is 12.3. The van der Waals surface area contributed by atoms with Gasteiger partial charge in [0.05, 0.1) is 0 Å². The van der Waals surface area contributed by atoms with Crippen molar-refractivity contribution < 1.29 is 9.59 Å². The highest BCUT2D eigenvalue weighted by Gasteiger charge is 2.24. The van der Waals surface area contributed by atoms with Gasteiger partial charge in [0.15, 0.2) is 0 Å². The number of aromatic nitrogens is 3. The van der Waals surface area contributed by atoms with Crippen molar-refractivity contribution in [3.63, 3.8) is 0 Å². The largest absolute Gasteiger partial charge is 0.353 e. The Labute approximate surface area is 149 Å². The number of amides is 2. The SMILES string of the molecule is Cn1cnnc1CC1CCN(C(=O)CCC(=O)NC2CCCC2)CC1. The molecule has 0 radical (unpaired) electrons. The lowest BCUT2D eigenvalue weighted by Crippen LogP contribution is -2.40. The molecular weight excluding hydrogens is 318 g/mol. The molecule has 0 bridgehead atoms. The summed E-state index contributed by atoms with van der Waals surface area (Å²) in [6.07, 6.45) is 9.84. The van der Waals surface area contributed by atoms with Gasteiger partial charge in [-0.3, -0.25) is 9.59 Å². The highest BCUT2D eigenvalue weighted by molar-refractivity contribution is 5.84. The smallest absolute Gasteiger partial charge is 0.223 e. The van der Waals surface area contributed by atoms with Crippen LogP contribution in [0.15, 0.2) is 6.33 Å². The summed E-state index contributed by atoms with van der Waals surface area (Å²) in [5.41, 5.74) is 0. The van der Waals surface area contributed by atoms with Gasteiger partial charge < -0.3 is 14.8 Å². The fourth-order valence-electron chi connectivity index (χ4n) is 3.89. The predicted molar refractivity (Wildman–Crippen MR) is 93.6 cm³/mol. The molecule has 1 aromatic rings. The van der Waals surface area contributed by atoms with Gasteiger partial charge in [-0.2, -0.15) is 0 Å². The molecule has 0 unspecified atom stereocenters. The lowest BCUT2D eigenvalue weighted by molar-refractivity contribution is -0.134. The second-order valence-corrected chi connectivity index (χ2v) is 7.44. The molecule has 0 aromatic carbocycles. The summed E-state index contributed by atoms with van der Waals surface area (Å²) < 4.78 is 1.96. The number of carbonyl (C=O) groups excluding carboxylic acids is 2. The zero-order valence-electron chi connectivity index (χ0n) is 15.1. The van der Waals surface area contributed by atoms with Gasteiger partial charge in [0.1, 0.15) is 12.2 Å². The normalized spacial score (nSPS) is 19.3. The van der Waals surface area contributed by atoms with Gasteiger partial charge in [-0.1, -0.05) is 12.8 Å². The van der Waals surface area contributed by atoms with Gasteiger partial charge in [0.2, 0.25) is 11.8 Å². The van der Waals surface area contributed by atoms with E-state index in [1.165, 1.54) is 12.8 Å².